The van der Waals surface area contributed by atoms with Crippen LogP contribution >= 0.6 is 11.6 Å². The number of benzene rings is 3. The second kappa shape index (κ2) is 14.9. The van der Waals surface area contributed by atoms with Crippen LogP contribution < -0.4 is 21.1 Å². The van der Waals surface area contributed by atoms with E-state index in [0.717, 1.165) is 123 Å². The topological polar surface area (TPSA) is 70.7 Å². The highest BCUT2D eigenvalue weighted by Gasteiger charge is 2.31. The normalized spacial score (nSPS) is 17.4. The summed E-state index contributed by atoms with van der Waals surface area (Å²) in [7, 11) is 0. The van der Waals surface area contributed by atoms with Crippen LogP contribution in [-0.2, 0) is 19.6 Å². The molecule has 0 amide bonds. The molecule has 0 spiro atoms. The number of rotatable bonds is 12. The van der Waals surface area contributed by atoms with Gasteiger partial charge in [-0.15, -0.1) is 13.2 Å². The molecule has 6 rings (SSSR count). The number of ether oxygens (including phenoxy) is 1. The van der Waals surface area contributed by atoms with Gasteiger partial charge in [-0.1, -0.05) is 54.6 Å². The Bertz CT molecular complexity index is 1690. The van der Waals surface area contributed by atoms with Gasteiger partial charge in [0.1, 0.15) is 5.75 Å². The van der Waals surface area contributed by atoms with E-state index in [-0.39, 0.29) is 11.3 Å². The maximum absolute atomic E-state index is 12.8. The van der Waals surface area contributed by atoms with Crippen LogP contribution in [0, 0.1) is 0 Å². The van der Waals surface area contributed by atoms with Crippen molar-refractivity contribution in [1.29, 1.82) is 0 Å². The number of piperidine rings is 1. The highest BCUT2D eigenvalue weighted by atomic mass is 35.5. The molecule has 3 aromatic carbocycles. The smallest absolute Gasteiger partial charge is 0.406 e. The fourth-order valence-electron chi connectivity index (χ4n) is 6.76. The van der Waals surface area contributed by atoms with Gasteiger partial charge in [-0.3, -0.25) is 9.80 Å². The van der Waals surface area contributed by atoms with Gasteiger partial charge < -0.3 is 25.7 Å². The van der Waals surface area contributed by atoms with Gasteiger partial charge in [0.25, 0.3) is 0 Å². The van der Waals surface area contributed by atoms with Crippen LogP contribution in [0.15, 0.2) is 85.2 Å². The van der Waals surface area contributed by atoms with E-state index in [9.17, 15) is 13.2 Å². The fraction of sp³-hybridized carbons (Fsp3) is 0.405. The minimum absolute atomic E-state index is 0.234. The SMILES string of the molecule is C=C(NCCCn1cc(-c2ccc(OC(F)(F)F)cc2)c2cc(CN3CCN(Cc4ccccc4Cl)CC3)ccc21)C1(N)CCNCC1. The van der Waals surface area contributed by atoms with Gasteiger partial charge in [-0.25, -0.2) is 0 Å². The predicted molar refractivity (Wildman–Crippen MR) is 187 cm³/mol. The summed E-state index contributed by atoms with van der Waals surface area (Å²) in [6.07, 6.45) is -0.0539. The molecular formula is C37H44ClF3N6O. The van der Waals surface area contributed by atoms with E-state index in [2.05, 4.69) is 66.8 Å². The summed E-state index contributed by atoms with van der Waals surface area (Å²) in [4.78, 5) is 4.91. The summed E-state index contributed by atoms with van der Waals surface area (Å²) < 4.78 is 44.8. The third-order valence-corrected chi connectivity index (χ3v) is 9.95. The molecule has 2 saturated heterocycles. The van der Waals surface area contributed by atoms with Gasteiger partial charge in [0.2, 0.25) is 0 Å². The number of piperazine rings is 1. The van der Waals surface area contributed by atoms with E-state index in [1.807, 2.05) is 18.2 Å². The van der Waals surface area contributed by atoms with Crippen LogP contribution in [0.4, 0.5) is 13.2 Å². The second-order valence-electron chi connectivity index (χ2n) is 13.0. The number of aryl methyl sites for hydroxylation is 1. The molecule has 2 aliphatic heterocycles. The first-order valence-corrected chi connectivity index (χ1v) is 17.0. The van der Waals surface area contributed by atoms with E-state index in [0.29, 0.717) is 0 Å². The lowest BCUT2D eigenvalue weighted by Gasteiger charge is -2.36. The Morgan fingerprint density at radius 2 is 1.65 bits per heavy atom. The van der Waals surface area contributed by atoms with Gasteiger partial charge in [-0.05, 0) is 79.4 Å². The number of nitrogens with one attached hydrogen (secondary N) is 2. The van der Waals surface area contributed by atoms with Gasteiger partial charge in [0, 0.05) is 85.7 Å². The van der Waals surface area contributed by atoms with Crippen molar-refractivity contribution in [2.24, 2.45) is 5.73 Å². The molecule has 48 heavy (non-hydrogen) atoms. The molecule has 2 fully saturated rings. The summed E-state index contributed by atoms with van der Waals surface area (Å²) in [6.45, 7) is 13.0. The Hall–Kier alpha value is -3.54. The van der Waals surface area contributed by atoms with E-state index >= 15 is 0 Å². The Morgan fingerprint density at radius 3 is 2.33 bits per heavy atom. The van der Waals surface area contributed by atoms with Crippen molar-refractivity contribution < 1.29 is 17.9 Å². The first kappa shape index (κ1) is 34.3. The summed E-state index contributed by atoms with van der Waals surface area (Å²) >= 11 is 6.40. The molecule has 0 aliphatic carbocycles. The maximum Gasteiger partial charge on any atom is 0.573 e. The lowest BCUT2D eigenvalue weighted by atomic mass is 9.86. The van der Waals surface area contributed by atoms with Crippen molar-refractivity contribution in [3.8, 4) is 16.9 Å². The van der Waals surface area contributed by atoms with Crippen molar-refractivity contribution >= 4 is 22.5 Å². The molecule has 3 heterocycles. The molecule has 4 aromatic rings. The predicted octanol–water partition coefficient (Wildman–Crippen LogP) is 6.75. The van der Waals surface area contributed by atoms with Crippen LogP contribution in [0.2, 0.25) is 5.02 Å². The lowest BCUT2D eigenvalue weighted by Crippen LogP contribution is -2.53. The Kier molecular flexibility index (Phi) is 10.7. The Balaban J connectivity index is 1.15. The van der Waals surface area contributed by atoms with E-state index in [1.54, 1.807) is 12.1 Å². The van der Waals surface area contributed by atoms with Gasteiger partial charge in [-0.2, -0.15) is 0 Å². The molecule has 1 aromatic heterocycles. The molecule has 2 aliphatic rings. The number of halogens is 4. The largest absolute Gasteiger partial charge is 0.573 e. The number of hydrogen-bond acceptors (Lipinski definition) is 6. The molecule has 0 atom stereocenters. The number of aromatic nitrogens is 1. The number of fused-ring (bicyclic) bond motifs is 1. The number of nitrogens with two attached hydrogens (primary N) is 1. The van der Waals surface area contributed by atoms with Crippen LogP contribution in [0.3, 0.4) is 0 Å². The molecule has 4 N–H and O–H groups in total. The Labute approximate surface area is 285 Å². The third kappa shape index (κ3) is 8.54. The summed E-state index contributed by atoms with van der Waals surface area (Å²) in [5, 5.41) is 8.69. The highest BCUT2D eigenvalue weighted by molar-refractivity contribution is 6.31. The van der Waals surface area contributed by atoms with Crippen molar-refractivity contribution in [3.63, 3.8) is 0 Å². The zero-order valence-corrected chi connectivity index (χ0v) is 27.9. The Morgan fingerprint density at radius 1 is 0.958 bits per heavy atom. The number of alkyl halides is 3. The molecule has 0 bridgehead atoms. The van der Waals surface area contributed by atoms with Crippen LogP contribution in [-0.4, -0.2) is 72.1 Å². The average Bonchev–Trinajstić information content (AvgIpc) is 3.42. The third-order valence-electron chi connectivity index (χ3n) is 9.58. The standard InChI is InChI=1S/C37H44ClF3N6O/c1-27(36(42)13-16-43-17-14-36)44-15-4-18-47-26-33(29-8-10-31(11-9-29)48-37(39,40)41)32-23-28(7-12-35(32)47)24-45-19-21-46(22-20-45)25-30-5-2-3-6-34(30)38/h2-3,5-12,23,26,43-44H,1,4,13-22,24-25,42H2. The average molecular weight is 681 g/mol. The van der Waals surface area contributed by atoms with Crippen LogP contribution in [0.25, 0.3) is 22.0 Å². The number of hydrogen-bond donors (Lipinski definition) is 3. The van der Waals surface area contributed by atoms with Crippen molar-refractivity contribution in [2.75, 3.05) is 45.8 Å². The van der Waals surface area contributed by atoms with Gasteiger partial charge in [0.05, 0.1) is 5.54 Å². The molecular weight excluding hydrogens is 637 g/mol. The quantitative estimate of drug-likeness (QED) is 0.144. The van der Waals surface area contributed by atoms with E-state index < -0.39 is 6.36 Å². The van der Waals surface area contributed by atoms with Crippen molar-refractivity contribution in [1.82, 2.24) is 25.0 Å². The maximum atomic E-state index is 12.8. The van der Waals surface area contributed by atoms with E-state index in [1.165, 1.54) is 17.7 Å². The van der Waals surface area contributed by atoms with Crippen molar-refractivity contribution in [2.45, 2.75) is 50.8 Å². The molecule has 7 nitrogen and oxygen atoms in total. The summed E-state index contributed by atoms with van der Waals surface area (Å²) in [5.74, 6) is -0.234. The molecule has 0 unspecified atom stereocenters. The van der Waals surface area contributed by atoms with Gasteiger partial charge >= 0.3 is 6.36 Å². The first-order valence-electron chi connectivity index (χ1n) is 16.7. The monoisotopic (exact) mass is 680 g/mol. The summed E-state index contributed by atoms with van der Waals surface area (Å²) in [5.41, 5.74) is 12.4. The second-order valence-corrected chi connectivity index (χ2v) is 13.4. The molecule has 256 valence electrons. The fourth-order valence-corrected chi connectivity index (χ4v) is 6.96. The minimum Gasteiger partial charge on any atom is -0.406 e. The zero-order valence-electron chi connectivity index (χ0n) is 27.2. The minimum atomic E-state index is -4.73. The zero-order chi connectivity index (χ0) is 33.7. The molecule has 0 radical (unpaired) electrons. The highest BCUT2D eigenvalue weighted by Crippen LogP contribution is 2.34. The van der Waals surface area contributed by atoms with Crippen molar-refractivity contribution in [3.05, 3.63) is 101 Å². The van der Waals surface area contributed by atoms with Crippen LogP contribution in [0.5, 0.6) is 5.75 Å². The summed E-state index contributed by atoms with van der Waals surface area (Å²) in [6, 6.07) is 20.7. The van der Waals surface area contributed by atoms with Crippen LogP contribution in [0.1, 0.15) is 30.4 Å². The first-order chi connectivity index (χ1) is 23.1. The lowest BCUT2D eigenvalue weighted by molar-refractivity contribution is -0.274. The number of nitrogens with zero attached hydrogens (tertiary/aromatic N) is 3. The molecule has 11 heteroatoms. The van der Waals surface area contributed by atoms with E-state index in [4.69, 9.17) is 17.3 Å². The van der Waals surface area contributed by atoms with Gasteiger partial charge in [0.15, 0.2) is 0 Å². The molecule has 0 saturated carbocycles.